The van der Waals surface area contributed by atoms with E-state index in [0.29, 0.717) is 10.1 Å². The van der Waals surface area contributed by atoms with Crippen molar-refractivity contribution in [2.24, 2.45) is 5.84 Å². The van der Waals surface area contributed by atoms with Crippen molar-refractivity contribution in [2.45, 2.75) is 6.61 Å². The molecular weight excluding hydrogens is 260 g/mol. The van der Waals surface area contributed by atoms with Crippen molar-refractivity contribution in [1.82, 2.24) is 15.2 Å². The van der Waals surface area contributed by atoms with E-state index in [2.05, 4.69) is 20.6 Å². The first kappa shape index (κ1) is 12.1. The molecule has 0 aliphatic carbocycles. The Morgan fingerprint density at radius 3 is 3.06 bits per heavy atom. The van der Waals surface area contributed by atoms with Crippen LogP contribution in [-0.2, 0) is 6.61 Å². The quantitative estimate of drug-likeness (QED) is 0.460. The number of anilines is 1. The summed E-state index contributed by atoms with van der Waals surface area (Å²) in [5, 5.41) is 19.2. The minimum Gasteiger partial charge on any atom is -0.478 e. The van der Waals surface area contributed by atoms with Gasteiger partial charge in [0.2, 0.25) is 10.9 Å². The molecule has 0 aromatic carbocycles. The molecule has 2 rings (SSSR count). The van der Waals surface area contributed by atoms with Crippen LogP contribution < -0.4 is 16.0 Å². The van der Waals surface area contributed by atoms with E-state index < -0.39 is 4.92 Å². The van der Waals surface area contributed by atoms with Crippen molar-refractivity contribution >= 4 is 22.3 Å². The molecule has 2 heterocycles. The Balaban J connectivity index is 2.08. The van der Waals surface area contributed by atoms with Crippen LogP contribution in [0.3, 0.4) is 0 Å². The maximum absolute atomic E-state index is 10.7. The highest BCUT2D eigenvalue weighted by Gasteiger charge is 2.16. The van der Waals surface area contributed by atoms with Gasteiger partial charge in [-0.3, -0.25) is 5.43 Å². The Hall–Kier alpha value is -2.33. The van der Waals surface area contributed by atoms with Gasteiger partial charge < -0.3 is 14.9 Å². The lowest BCUT2D eigenvalue weighted by atomic mass is 10.4. The third-order valence-corrected chi connectivity index (χ3v) is 2.69. The van der Waals surface area contributed by atoms with Gasteiger partial charge in [-0.15, -0.1) is 10.2 Å². The summed E-state index contributed by atoms with van der Waals surface area (Å²) < 4.78 is 5.28. The second-order valence-corrected chi connectivity index (χ2v) is 4.08. The van der Waals surface area contributed by atoms with Gasteiger partial charge in [0.1, 0.15) is 12.8 Å². The third-order valence-electron chi connectivity index (χ3n) is 1.87. The number of nitrogens with one attached hydrogen (secondary N) is 1. The minimum absolute atomic E-state index is 0.0614. The molecule has 0 aliphatic rings. The summed E-state index contributed by atoms with van der Waals surface area (Å²) in [6, 6.07) is 3.02. The zero-order valence-electron chi connectivity index (χ0n) is 8.94. The summed E-state index contributed by atoms with van der Waals surface area (Å²) in [4.78, 5) is 13.7. The van der Waals surface area contributed by atoms with Crippen molar-refractivity contribution < 1.29 is 9.66 Å². The van der Waals surface area contributed by atoms with Crippen molar-refractivity contribution in [3.05, 3.63) is 33.5 Å². The molecule has 0 unspecified atom stereocenters. The van der Waals surface area contributed by atoms with Crippen LogP contribution in [0.2, 0.25) is 0 Å². The predicted octanol–water partition coefficient (Wildman–Crippen LogP) is 0.706. The lowest BCUT2D eigenvalue weighted by molar-refractivity contribution is -0.390. The van der Waals surface area contributed by atoms with E-state index in [1.807, 2.05) is 0 Å². The van der Waals surface area contributed by atoms with Gasteiger partial charge in [-0.2, -0.15) is 0 Å². The summed E-state index contributed by atoms with van der Waals surface area (Å²) in [6.45, 7) is 0.0614. The topological polar surface area (TPSA) is 129 Å². The zero-order chi connectivity index (χ0) is 13.0. The number of pyridine rings is 1. The van der Waals surface area contributed by atoms with Crippen molar-refractivity contribution in [3.63, 3.8) is 0 Å². The lowest BCUT2D eigenvalue weighted by Gasteiger charge is -2.02. The highest BCUT2D eigenvalue weighted by molar-refractivity contribution is 7.15. The highest BCUT2D eigenvalue weighted by atomic mass is 32.1. The van der Waals surface area contributed by atoms with Crippen LogP contribution in [0, 0.1) is 10.1 Å². The second-order valence-electron chi connectivity index (χ2n) is 3.02. The number of ether oxygens (including phenoxy) is 1. The summed E-state index contributed by atoms with van der Waals surface area (Å²) in [7, 11) is 0. The fourth-order valence-electron chi connectivity index (χ4n) is 1.14. The molecule has 0 aliphatic heterocycles. The van der Waals surface area contributed by atoms with Crippen LogP contribution in [0.4, 0.5) is 10.9 Å². The van der Waals surface area contributed by atoms with Crippen LogP contribution in [-0.4, -0.2) is 20.1 Å². The molecular formula is C8H8N6O3S. The van der Waals surface area contributed by atoms with Gasteiger partial charge in [-0.1, -0.05) is 11.3 Å². The van der Waals surface area contributed by atoms with Crippen LogP contribution in [0.15, 0.2) is 18.3 Å². The summed E-state index contributed by atoms with van der Waals surface area (Å²) in [5.74, 6) is 4.90. The highest BCUT2D eigenvalue weighted by Crippen LogP contribution is 2.24. The van der Waals surface area contributed by atoms with E-state index in [-0.39, 0.29) is 18.2 Å². The van der Waals surface area contributed by atoms with Gasteiger partial charge in [-0.25, -0.2) is 5.84 Å². The second kappa shape index (κ2) is 5.33. The van der Waals surface area contributed by atoms with Gasteiger partial charge in [0.05, 0.1) is 0 Å². The molecule has 94 valence electrons. The Bertz CT molecular complexity index is 559. The Morgan fingerprint density at radius 2 is 2.39 bits per heavy atom. The predicted molar refractivity (Wildman–Crippen MR) is 62.9 cm³/mol. The standard InChI is InChI=1S/C8H8N6O3S/c9-11-8-13-12-6(18-8)4-17-5-2-1-3-10-7(5)14(15)16/h1-3H,4,9H2,(H,11,13). The van der Waals surface area contributed by atoms with Crippen molar-refractivity contribution in [2.75, 3.05) is 5.43 Å². The average Bonchev–Trinajstić information content (AvgIpc) is 2.84. The van der Waals surface area contributed by atoms with Gasteiger partial charge >= 0.3 is 5.82 Å². The first-order chi connectivity index (χ1) is 8.70. The molecule has 0 atom stereocenters. The molecule has 0 bridgehead atoms. The van der Waals surface area contributed by atoms with Crippen molar-refractivity contribution in [3.8, 4) is 5.75 Å². The summed E-state index contributed by atoms with van der Waals surface area (Å²) in [6.07, 6.45) is 1.33. The molecule has 0 fully saturated rings. The Kier molecular flexibility index (Phi) is 3.60. The number of nitrogens with zero attached hydrogens (tertiary/aromatic N) is 4. The molecule has 10 heteroatoms. The molecule has 2 aromatic heterocycles. The van der Waals surface area contributed by atoms with E-state index in [9.17, 15) is 10.1 Å². The molecule has 3 N–H and O–H groups in total. The third kappa shape index (κ3) is 2.67. The molecule has 0 amide bonds. The van der Waals surface area contributed by atoms with Crippen LogP contribution in [0.25, 0.3) is 0 Å². The van der Waals surface area contributed by atoms with E-state index in [1.54, 1.807) is 6.07 Å². The fourth-order valence-corrected chi connectivity index (χ4v) is 1.71. The lowest BCUT2D eigenvalue weighted by Crippen LogP contribution is -2.05. The molecule has 0 saturated carbocycles. The van der Waals surface area contributed by atoms with Crippen LogP contribution >= 0.6 is 11.3 Å². The molecule has 9 nitrogen and oxygen atoms in total. The summed E-state index contributed by atoms with van der Waals surface area (Å²) in [5.41, 5.74) is 2.34. The summed E-state index contributed by atoms with van der Waals surface area (Å²) >= 11 is 1.19. The van der Waals surface area contributed by atoms with Crippen LogP contribution in [0.1, 0.15) is 5.01 Å². The van der Waals surface area contributed by atoms with E-state index >= 15 is 0 Å². The zero-order valence-corrected chi connectivity index (χ0v) is 9.75. The van der Waals surface area contributed by atoms with E-state index in [1.165, 1.54) is 23.6 Å². The number of aromatic nitrogens is 3. The van der Waals surface area contributed by atoms with Crippen LogP contribution in [0.5, 0.6) is 5.75 Å². The number of hydrazine groups is 1. The van der Waals surface area contributed by atoms with E-state index in [4.69, 9.17) is 10.6 Å². The molecule has 0 radical (unpaired) electrons. The number of nitro groups is 1. The average molecular weight is 268 g/mol. The number of nitrogen functional groups attached to an aromatic ring is 1. The minimum atomic E-state index is -0.609. The monoisotopic (exact) mass is 268 g/mol. The smallest absolute Gasteiger partial charge is 0.406 e. The maximum atomic E-state index is 10.7. The first-order valence-electron chi connectivity index (χ1n) is 4.72. The van der Waals surface area contributed by atoms with Gasteiger partial charge in [-0.05, 0) is 22.0 Å². The number of rotatable bonds is 5. The fraction of sp³-hybridized carbons (Fsp3) is 0.125. The Morgan fingerprint density at radius 1 is 1.56 bits per heavy atom. The first-order valence-corrected chi connectivity index (χ1v) is 5.53. The molecule has 18 heavy (non-hydrogen) atoms. The molecule has 0 saturated heterocycles. The van der Waals surface area contributed by atoms with E-state index in [0.717, 1.165) is 0 Å². The van der Waals surface area contributed by atoms with Gasteiger partial charge in [0.15, 0.2) is 5.01 Å². The largest absolute Gasteiger partial charge is 0.478 e. The number of hydrogen-bond acceptors (Lipinski definition) is 9. The van der Waals surface area contributed by atoms with Gasteiger partial charge in [0.25, 0.3) is 0 Å². The normalized spacial score (nSPS) is 10.1. The molecule has 2 aromatic rings. The number of hydrogen-bond donors (Lipinski definition) is 2. The number of nitrogens with two attached hydrogens (primary N) is 1. The maximum Gasteiger partial charge on any atom is 0.406 e. The SMILES string of the molecule is NNc1nnc(COc2cccnc2[N+](=O)[O-])s1. The van der Waals surface area contributed by atoms with Crippen molar-refractivity contribution in [1.29, 1.82) is 0 Å². The van der Waals surface area contributed by atoms with Gasteiger partial charge in [0, 0.05) is 0 Å². The Labute approximate surface area is 105 Å². The molecule has 0 spiro atoms.